The van der Waals surface area contributed by atoms with E-state index >= 15 is 14.4 Å². The van der Waals surface area contributed by atoms with Crippen LogP contribution in [0.1, 0.15) is 140 Å². The number of carbonyl (C=O) groups excluding carboxylic acids is 19. The molecule has 17 atom stereocenters. The number of amides is 19. The van der Waals surface area contributed by atoms with Gasteiger partial charge >= 0.3 is 11.9 Å². The molecule has 3 aliphatic rings. The predicted octanol–water partition coefficient (Wildman–Crippen LogP) is -7.17. The maximum atomic E-state index is 15.1. The molecule has 3 aromatic carbocycles. The van der Waals surface area contributed by atoms with Gasteiger partial charge in [0.15, 0.2) is 0 Å². The molecule has 50 heteroatoms. The summed E-state index contributed by atoms with van der Waals surface area (Å²) in [5, 5.41) is 91.4. The number of thioether (sulfide) groups is 1. The molecular weight excluding hydrogens is 1830 g/mol. The number of aliphatic carboxylic acids is 2. The highest BCUT2D eigenvalue weighted by Crippen LogP contribution is 2.30. The molecule has 4 heterocycles. The Morgan fingerprint density at radius 1 is 0.435 bits per heavy atom. The third kappa shape index (κ3) is 34.3. The second-order valence-corrected chi connectivity index (χ2v) is 35.3. The van der Waals surface area contributed by atoms with Crippen molar-refractivity contribution < 1.29 is 131 Å². The summed E-state index contributed by atoms with van der Waals surface area (Å²) >= 11 is 1.28. The Morgan fingerprint density at radius 3 is 1.29 bits per heavy atom. The van der Waals surface area contributed by atoms with Gasteiger partial charge in [0.25, 0.3) is 0 Å². The highest BCUT2D eigenvalue weighted by atomic mass is 32.2. The number of hydrogen-bond acceptors (Lipinski definition) is 28. The molecule has 4 aromatic rings. The van der Waals surface area contributed by atoms with Crippen LogP contribution in [0.15, 0.2) is 85.3 Å². The first-order valence-electron chi connectivity index (χ1n) is 44.6. The van der Waals surface area contributed by atoms with Crippen LogP contribution in [0.4, 0.5) is 0 Å². The number of likely N-dealkylation sites (tertiary alicyclic amines) is 3. The lowest BCUT2D eigenvalue weighted by molar-refractivity contribution is -0.151. The van der Waals surface area contributed by atoms with Crippen molar-refractivity contribution >= 4 is 136 Å². The molecule has 0 bridgehead atoms. The molecule has 0 unspecified atom stereocenters. The highest BCUT2D eigenvalue weighted by molar-refractivity contribution is 7.98. The number of aromatic hydroxyl groups is 3. The van der Waals surface area contributed by atoms with Gasteiger partial charge in [0.05, 0.1) is 38.2 Å². The summed E-state index contributed by atoms with van der Waals surface area (Å²) in [4.78, 5) is 299. The van der Waals surface area contributed by atoms with E-state index in [9.17, 15) is 117 Å². The lowest BCUT2D eigenvalue weighted by Gasteiger charge is -2.35. The largest absolute Gasteiger partial charge is 0.508 e. The second-order valence-electron chi connectivity index (χ2n) is 34.3. The van der Waals surface area contributed by atoms with Crippen molar-refractivity contribution in [3.63, 3.8) is 0 Å². The van der Waals surface area contributed by atoms with E-state index in [4.69, 9.17) is 22.9 Å². The van der Waals surface area contributed by atoms with E-state index < -0.39 is 272 Å². The third-order valence-electron chi connectivity index (χ3n) is 22.8. The lowest BCUT2D eigenvalue weighted by Crippen LogP contribution is -2.61. The van der Waals surface area contributed by atoms with Gasteiger partial charge in [-0.3, -0.25) is 95.9 Å². The zero-order chi connectivity index (χ0) is 102. The van der Waals surface area contributed by atoms with Gasteiger partial charge in [0.2, 0.25) is 112 Å². The van der Waals surface area contributed by atoms with Crippen molar-refractivity contribution in [3.05, 3.63) is 108 Å². The summed E-state index contributed by atoms with van der Waals surface area (Å²) in [6.07, 6.45) is -1.61. The Labute approximate surface area is 796 Å². The minimum atomic E-state index is -1.98. The number of rotatable bonds is 53. The molecule has 138 heavy (non-hydrogen) atoms. The molecule has 3 aliphatic heterocycles. The minimum absolute atomic E-state index is 0.0172. The quantitative estimate of drug-likeness (QED) is 0.0195. The Morgan fingerprint density at radius 2 is 0.826 bits per heavy atom. The number of hydrogen-bond donors (Lipinski definition) is 24. The molecule has 7 rings (SSSR count). The van der Waals surface area contributed by atoms with E-state index in [1.807, 2.05) is 5.32 Å². The van der Waals surface area contributed by atoms with E-state index in [-0.39, 0.29) is 125 Å². The summed E-state index contributed by atoms with van der Waals surface area (Å²) < 4.78 is 0. The SMILES string of the molecule is CSCC[C@H](NC(=O)[C@H](Cc1ccc(O)cc1)NC(=O)[C@@H](N)[C@@H](C)O)C(=O)N[C@@H](CCC(N)=O)C(=O)N[C@@H](Cc1ccc(O)cc1)C(=O)N[C@@H](CC(C)C)C(=O)N[C@@H](CC(N)=O)C(=O)N1CCC[C@H]1C(=O)N1CCC[C@H]1C(=O)N1CCC[C@H]1C(=O)N[C@@H](Cc1ccc(O)cc1)C(=O)N[C@@H](C)C(=O)N[C@@H](CC(=O)O)C(=O)N[C@@H](Cc1cnc[nH]1)C(=O)NCC(=O)N[C@@H](C)C(=O)N[C@@H](CC(N)=O)C(=O)O. The summed E-state index contributed by atoms with van der Waals surface area (Å²) in [7, 11) is 0. The summed E-state index contributed by atoms with van der Waals surface area (Å²) in [6, 6.07) is -8.54. The number of imidazole rings is 1. The highest BCUT2D eigenvalue weighted by Gasteiger charge is 2.48. The normalized spacial score (nSPS) is 17.5. The first kappa shape index (κ1) is 110. The van der Waals surface area contributed by atoms with E-state index in [2.05, 4.69) is 73.8 Å². The second kappa shape index (κ2) is 53.1. The number of aromatic amines is 1. The fourth-order valence-electron chi connectivity index (χ4n) is 15.5. The molecule has 1 aromatic heterocycles. The number of benzene rings is 3. The van der Waals surface area contributed by atoms with E-state index in [0.29, 0.717) is 16.7 Å². The van der Waals surface area contributed by atoms with Gasteiger partial charge in [-0.1, -0.05) is 50.2 Å². The van der Waals surface area contributed by atoms with Gasteiger partial charge in [-0.25, -0.2) is 9.78 Å². The molecule has 0 aliphatic carbocycles. The molecule has 19 amide bonds. The molecule has 28 N–H and O–H groups in total. The smallest absolute Gasteiger partial charge is 0.326 e. The fourth-order valence-corrected chi connectivity index (χ4v) is 15.9. The van der Waals surface area contributed by atoms with E-state index in [0.717, 1.165) is 18.7 Å². The van der Waals surface area contributed by atoms with E-state index in [1.54, 1.807) is 20.1 Å². The van der Waals surface area contributed by atoms with Crippen LogP contribution in [-0.2, 0) is 126 Å². The zero-order valence-corrected chi connectivity index (χ0v) is 77.6. The van der Waals surface area contributed by atoms with Crippen molar-refractivity contribution in [2.75, 3.05) is 38.2 Å². The van der Waals surface area contributed by atoms with Gasteiger partial charge in [-0.15, -0.1) is 0 Å². The number of primary amides is 3. The number of aliphatic hydroxyl groups excluding tert-OH is 1. The van der Waals surface area contributed by atoms with Crippen molar-refractivity contribution in [2.24, 2.45) is 28.9 Å². The molecule has 0 saturated carbocycles. The number of nitrogens with two attached hydrogens (primary N) is 4. The molecule has 3 saturated heterocycles. The van der Waals surface area contributed by atoms with Crippen LogP contribution in [0, 0.1) is 5.92 Å². The fraction of sp³-hybridized carbons (Fsp3) is 0.523. The monoisotopic (exact) mass is 1950 g/mol. The van der Waals surface area contributed by atoms with Crippen LogP contribution in [0.3, 0.4) is 0 Å². The number of H-pyrrole nitrogens is 1. The molecule has 3 fully saturated rings. The Balaban J connectivity index is 1.03. The summed E-state index contributed by atoms with van der Waals surface area (Å²) in [6.45, 7) is 5.91. The van der Waals surface area contributed by atoms with Gasteiger partial charge in [0, 0.05) is 63.6 Å². The molecule has 49 nitrogen and oxygen atoms in total. The van der Waals surface area contributed by atoms with Crippen molar-refractivity contribution in [1.29, 1.82) is 0 Å². The number of nitrogens with zero attached hydrogens (tertiary/aromatic N) is 4. The standard InChI is InChI=1S/C88H122N22O27S/c1-43(2)32-56(101-81(129)58(34-48-15-21-52(113)22-16-48)102-76(124)54(25-26-67(89)115)98-77(125)55(27-31-138-6)99-80(128)59(105-84(132)72(92)46(5)111)35-49-17-23-53(114)24-18-49)79(127)106-62(37-68(90)116)85(133)109-29-8-11-65(109)87(135)110-30-9-12-66(110)86(134)108-28-7-10-64(108)83(131)104-57(33-47-13-19-51(112)20-14-47)78(126)97-45(4)74(122)100-61(39-71(119)120)82(130)103-60(36-50-40-93-42-95-50)75(123)94-41-70(118)96-44(3)73(121)107-63(88(136)137)38-69(91)117/h13-24,40,42-46,54-66,72,111-114H,7-12,25-39,41,92H2,1-6H3,(H2,89,115)(H2,90,116)(H2,91,117)(H,93,95)(H,94,123)(H,96,118)(H,97,126)(H,98,125)(H,99,128)(H,100,122)(H,101,129)(H,102,124)(H,103,130)(H,104,131)(H,105,132)(H,106,127)(H,107,121)(H,119,120)(H,136,137)/t44-,45-,46+,54-,55-,56-,57-,58-,59-,60-,61-,62-,63-,64-,65-,66-,72-/m0/s1. The van der Waals surface area contributed by atoms with Crippen LogP contribution < -0.4 is 92.1 Å². The number of carboxylic acid groups (broad SMARTS) is 2. The lowest BCUT2D eigenvalue weighted by atomic mass is 10.00. The van der Waals surface area contributed by atoms with Crippen LogP contribution >= 0.6 is 11.8 Å². The van der Waals surface area contributed by atoms with Gasteiger partial charge in [0.1, 0.15) is 114 Å². The number of aromatic nitrogens is 2. The number of aliphatic hydroxyl groups is 1. The maximum Gasteiger partial charge on any atom is 0.326 e. The van der Waals surface area contributed by atoms with Crippen molar-refractivity contribution in [3.8, 4) is 17.2 Å². The average molecular weight is 1950 g/mol. The van der Waals surface area contributed by atoms with Crippen LogP contribution in [0.2, 0.25) is 0 Å². The number of nitrogens with one attached hydrogen (secondary N) is 14. The Hall–Kier alpha value is -14.6. The topological polar surface area (TPSA) is 779 Å². The van der Waals surface area contributed by atoms with Crippen molar-refractivity contribution in [1.82, 2.24) is 93.8 Å². The average Bonchev–Trinajstić information content (AvgIpc) is 1.63. The van der Waals surface area contributed by atoms with Gasteiger partial charge < -0.3 is 142 Å². The Bertz CT molecular complexity index is 5030. The van der Waals surface area contributed by atoms with Crippen LogP contribution in [-0.4, -0.2) is 320 Å². The first-order valence-corrected chi connectivity index (χ1v) is 46.0. The number of carboxylic acids is 2. The maximum absolute atomic E-state index is 15.1. The molecular formula is C88H122N22O27S. The number of carbonyl (C=O) groups is 21. The van der Waals surface area contributed by atoms with Crippen molar-refractivity contribution in [2.45, 2.75) is 247 Å². The molecule has 0 radical (unpaired) electrons. The first-order chi connectivity index (χ1) is 65.2. The number of phenolic OH excluding ortho intramolecular Hbond substituents is 3. The molecule has 0 spiro atoms. The molecule has 752 valence electrons. The number of phenols is 3. The zero-order valence-electron chi connectivity index (χ0n) is 76.8. The van der Waals surface area contributed by atoms with E-state index in [1.165, 1.54) is 114 Å². The minimum Gasteiger partial charge on any atom is -0.508 e. The van der Waals surface area contributed by atoms with Gasteiger partial charge in [-0.2, -0.15) is 11.8 Å². The van der Waals surface area contributed by atoms with Crippen LogP contribution in [0.5, 0.6) is 17.2 Å². The third-order valence-corrected chi connectivity index (χ3v) is 23.5. The van der Waals surface area contributed by atoms with Gasteiger partial charge in [-0.05, 0) is 150 Å². The predicted molar refractivity (Wildman–Crippen MR) is 488 cm³/mol. The van der Waals surface area contributed by atoms with Crippen LogP contribution in [0.25, 0.3) is 0 Å². The summed E-state index contributed by atoms with van der Waals surface area (Å²) in [5.41, 5.74) is 23.6. The summed E-state index contributed by atoms with van der Waals surface area (Å²) in [5.74, 6) is -22.7. The Kier molecular flexibility index (Phi) is 42.5.